The molecule has 2 aromatic rings. The number of nitrogens with zero attached hydrogens (tertiary/aromatic N) is 1. The lowest BCUT2D eigenvalue weighted by atomic mass is 10.1. The normalized spacial score (nSPS) is 11.8. The summed E-state index contributed by atoms with van der Waals surface area (Å²) in [6, 6.07) is 11.0. The Balaban J connectivity index is 2.33. The van der Waals surface area contributed by atoms with Crippen molar-refractivity contribution in [3.63, 3.8) is 0 Å². The Kier molecular flexibility index (Phi) is 4.53. The quantitative estimate of drug-likeness (QED) is 0.861. The highest BCUT2D eigenvalue weighted by Crippen LogP contribution is 2.24. The number of hydrogen-bond donors (Lipinski definition) is 1. The van der Waals surface area contributed by atoms with E-state index in [4.69, 9.17) is 11.0 Å². The van der Waals surface area contributed by atoms with Gasteiger partial charge >= 0.3 is 0 Å². The highest BCUT2D eigenvalue weighted by atomic mass is 79.9. The van der Waals surface area contributed by atoms with E-state index in [1.54, 1.807) is 18.2 Å². The number of hydrogen-bond acceptors (Lipinski definition) is 3. The predicted molar refractivity (Wildman–Crippen MR) is 79.8 cm³/mol. The van der Waals surface area contributed by atoms with E-state index in [2.05, 4.69) is 15.9 Å². The first kappa shape index (κ1) is 14.7. The van der Waals surface area contributed by atoms with E-state index in [1.165, 1.54) is 18.2 Å². The third-order valence-electron chi connectivity index (χ3n) is 2.68. The van der Waals surface area contributed by atoms with E-state index in [-0.39, 0.29) is 11.3 Å². The largest absolute Gasteiger partial charge is 0.398 e. The Morgan fingerprint density at radius 1 is 1.30 bits per heavy atom. The van der Waals surface area contributed by atoms with Gasteiger partial charge < -0.3 is 5.73 Å². The van der Waals surface area contributed by atoms with Crippen molar-refractivity contribution in [3.8, 4) is 6.07 Å². The number of halogens is 2. The van der Waals surface area contributed by atoms with Crippen LogP contribution in [0.2, 0.25) is 0 Å². The average Bonchev–Trinajstić information content (AvgIpc) is 2.43. The standard InChI is InChI=1S/C14H10BrFN2OS/c15-11-2-4-13(18)14(6-11)20(19)8-10-5-9(7-17)1-3-12(10)16/h1-6H,8,18H2. The van der Waals surface area contributed by atoms with Gasteiger partial charge in [-0.2, -0.15) is 5.26 Å². The monoisotopic (exact) mass is 352 g/mol. The van der Waals surface area contributed by atoms with E-state index >= 15 is 0 Å². The van der Waals surface area contributed by atoms with Crippen molar-refractivity contribution in [1.29, 1.82) is 5.26 Å². The first-order chi connectivity index (χ1) is 9.51. The molecule has 0 bridgehead atoms. The van der Waals surface area contributed by atoms with Crippen LogP contribution in [0.4, 0.5) is 10.1 Å². The molecule has 0 saturated heterocycles. The van der Waals surface area contributed by atoms with Gasteiger partial charge in [-0.15, -0.1) is 0 Å². The molecule has 0 saturated carbocycles. The average molecular weight is 353 g/mol. The van der Waals surface area contributed by atoms with Crippen molar-refractivity contribution in [2.24, 2.45) is 0 Å². The number of nitriles is 1. The number of rotatable bonds is 3. The topological polar surface area (TPSA) is 66.9 Å². The highest BCUT2D eigenvalue weighted by Gasteiger charge is 2.13. The molecule has 0 aliphatic heterocycles. The van der Waals surface area contributed by atoms with Gasteiger partial charge in [0.25, 0.3) is 0 Å². The van der Waals surface area contributed by atoms with Crippen LogP contribution < -0.4 is 5.73 Å². The fourth-order valence-electron chi connectivity index (χ4n) is 1.68. The van der Waals surface area contributed by atoms with Crippen LogP contribution in [0.15, 0.2) is 45.8 Å². The predicted octanol–water partition coefficient (Wildman–Crippen LogP) is 3.35. The molecule has 20 heavy (non-hydrogen) atoms. The summed E-state index contributed by atoms with van der Waals surface area (Å²) in [5.41, 5.74) is 6.74. The van der Waals surface area contributed by atoms with Crippen molar-refractivity contribution >= 4 is 32.4 Å². The Bertz CT molecular complexity index is 728. The molecule has 0 amide bonds. The molecule has 1 unspecified atom stereocenters. The van der Waals surface area contributed by atoms with Crippen molar-refractivity contribution in [3.05, 3.63) is 57.8 Å². The second-order valence-corrected chi connectivity index (χ2v) is 6.43. The summed E-state index contributed by atoms with van der Waals surface area (Å²) in [7, 11) is -1.48. The van der Waals surface area contributed by atoms with Crippen LogP contribution in [0.1, 0.15) is 11.1 Å². The lowest BCUT2D eigenvalue weighted by Gasteiger charge is -2.07. The zero-order valence-corrected chi connectivity index (χ0v) is 12.7. The second-order valence-electron chi connectivity index (χ2n) is 4.09. The summed E-state index contributed by atoms with van der Waals surface area (Å²) >= 11 is 3.28. The minimum atomic E-state index is -1.48. The third-order valence-corrected chi connectivity index (χ3v) is 4.59. The van der Waals surface area contributed by atoms with E-state index in [9.17, 15) is 8.60 Å². The van der Waals surface area contributed by atoms with Gasteiger partial charge in [0.15, 0.2) is 0 Å². The van der Waals surface area contributed by atoms with Gasteiger partial charge in [-0.25, -0.2) is 4.39 Å². The number of benzene rings is 2. The van der Waals surface area contributed by atoms with Crippen molar-refractivity contribution < 1.29 is 8.60 Å². The van der Waals surface area contributed by atoms with Crippen molar-refractivity contribution in [1.82, 2.24) is 0 Å². The van der Waals surface area contributed by atoms with Crippen LogP contribution in [0.5, 0.6) is 0 Å². The van der Waals surface area contributed by atoms with Gasteiger partial charge in [-0.1, -0.05) is 15.9 Å². The molecule has 2 rings (SSSR count). The van der Waals surface area contributed by atoms with Gasteiger partial charge in [-0.3, -0.25) is 4.21 Å². The van der Waals surface area contributed by atoms with Crippen LogP contribution >= 0.6 is 15.9 Å². The first-order valence-electron chi connectivity index (χ1n) is 5.63. The molecular formula is C14H10BrFN2OS. The van der Waals surface area contributed by atoms with Gasteiger partial charge in [0.05, 0.1) is 33.1 Å². The zero-order chi connectivity index (χ0) is 14.7. The molecule has 0 spiro atoms. The maximum absolute atomic E-state index is 13.7. The molecule has 3 nitrogen and oxygen atoms in total. The van der Waals surface area contributed by atoms with Gasteiger partial charge in [0.2, 0.25) is 0 Å². The Labute approximate surface area is 126 Å². The summed E-state index contributed by atoms with van der Waals surface area (Å²) < 4.78 is 26.7. The maximum atomic E-state index is 13.7. The van der Waals surface area contributed by atoms with E-state index in [1.807, 2.05) is 6.07 Å². The number of anilines is 1. The molecule has 2 N–H and O–H groups in total. The molecule has 0 aliphatic rings. The van der Waals surface area contributed by atoms with Crippen molar-refractivity contribution in [2.45, 2.75) is 10.6 Å². The van der Waals surface area contributed by atoms with Crippen LogP contribution in [-0.4, -0.2) is 4.21 Å². The maximum Gasteiger partial charge on any atom is 0.127 e. The zero-order valence-electron chi connectivity index (χ0n) is 10.3. The molecule has 0 aromatic heterocycles. The number of nitrogens with two attached hydrogens (primary N) is 1. The van der Waals surface area contributed by atoms with Gasteiger partial charge in [0.1, 0.15) is 5.82 Å². The van der Waals surface area contributed by atoms with Crippen LogP contribution in [-0.2, 0) is 16.6 Å². The summed E-state index contributed by atoms with van der Waals surface area (Å²) in [5.74, 6) is -0.506. The fourth-order valence-corrected chi connectivity index (χ4v) is 3.44. The minimum absolute atomic E-state index is 0.0258. The first-order valence-corrected chi connectivity index (χ1v) is 7.74. The van der Waals surface area contributed by atoms with Crippen LogP contribution in [0, 0.1) is 17.1 Å². The Morgan fingerprint density at radius 2 is 2.05 bits per heavy atom. The Morgan fingerprint density at radius 3 is 2.75 bits per heavy atom. The molecule has 0 radical (unpaired) electrons. The molecule has 6 heteroatoms. The summed E-state index contributed by atoms with van der Waals surface area (Å²) in [4.78, 5) is 0.445. The van der Waals surface area contributed by atoms with Gasteiger partial charge in [0, 0.05) is 15.7 Å². The lowest BCUT2D eigenvalue weighted by molar-refractivity contribution is 0.615. The van der Waals surface area contributed by atoms with E-state index in [0.717, 1.165) is 4.47 Å². The Hall–Kier alpha value is -1.71. The molecule has 0 fully saturated rings. The molecule has 0 heterocycles. The summed E-state index contributed by atoms with van der Waals surface area (Å²) in [5, 5.41) is 8.81. The molecule has 0 aliphatic carbocycles. The molecule has 1 atom stereocenters. The van der Waals surface area contributed by atoms with Crippen molar-refractivity contribution in [2.75, 3.05) is 5.73 Å². The molecule has 2 aromatic carbocycles. The van der Waals surface area contributed by atoms with E-state index in [0.29, 0.717) is 16.1 Å². The van der Waals surface area contributed by atoms with E-state index < -0.39 is 16.6 Å². The van der Waals surface area contributed by atoms with Gasteiger partial charge in [-0.05, 0) is 36.4 Å². The summed E-state index contributed by atoms with van der Waals surface area (Å²) in [6.45, 7) is 0. The fraction of sp³-hybridized carbons (Fsp3) is 0.0714. The van der Waals surface area contributed by atoms with Crippen LogP contribution in [0.25, 0.3) is 0 Å². The lowest BCUT2D eigenvalue weighted by Crippen LogP contribution is -2.03. The smallest absolute Gasteiger partial charge is 0.127 e. The summed E-state index contributed by atoms with van der Waals surface area (Å²) in [6.07, 6.45) is 0. The SMILES string of the molecule is N#Cc1ccc(F)c(CS(=O)c2cc(Br)ccc2N)c1. The second kappa shape index (κ2) is 6.16. The highest BCUT2D eigenvalue weighted by molar-refractivity contribution is 9.10. The van der Waals surface area contributed by atoms with Crippen LogP contribution in [0.3, 0.4) is 0 Å². The third kappa shape index (κ3) is 3.24. The minimum Gasteiger partial charge on any atom is -0.398 e. The molecule has 102 valence electrons. The molecular weight excluding hydrogens is 343 g/mol. The number of nitrogen functional groups attached to an aromatic ring is 1.